The number of Topliss-reactive ketones (excluding diaryl/α,β-unsaturated/α-hetero) is 1. The number of carbonyl (C=O) groups excluding carboxylic acids is 2. The number of aryl methyl sites for hydroxylation is 1. The Morgan fingerprint density at radius 3 is 2.36 bits per heavy atom. The highest BCUT2D eigenvalue weighted by molar-refractivity contribution is 7.92. The molecular formula is C31H33F3N2O5S. The number of rotatable bonds is 11. The fourth-order valence-corrected chi connectivity index (χ4v) is 6.53. The summed E-state index contributed by atoms with van der Waals surface area (Å²) >= 11 is 0. The second-order valence-corrected chi connectivity index (χ2v) is 12.2. The molecule has 1 aliphatic rings. The van der Waals surface area contributed by atoms with Crippen LogP contribution in [-0.4, -0.2) is 30.8 Å². The quantitative estimate of drug-likeness (QED) is 0.194. The Morgan fingerprint density at radius 1 is 1.02 bits per heavy atom. The maximum atomic E-state index is 13.6. The maximum Gasteiger partial charge on any atom is 0.417 e. The first-order chi connectivity index (χ1) is 19.9. The minimum absolute atomic E-state index is 0.104. The number of alkyl halides is 3. The third-order valence-corrected chi connectivity index (χ3v) is 8.88. The molecule has 1 saturated heterocycles. The van der Waals surface area contributed by atoms with Crippen molar-refractivity contribution < 1.29 is 35.9 Å². The van der Waals surface area contributed by atoms with E-state index in [0.29, 0.717) is 43.5 Å². The van der Waals surface area contributed by atoms with E-state index in [4.69, 9.17) is 4.74 Å². The predicted molar refractivity (Wildman–Crippen MR) is 151 cm³/mol. The zero-order valence-corrected chi connectivity index (χ0v) is 24.2. The number of benzene rings is 2. The zero-order chi connectivity index (χ0) is 30.5. The first-order valence-corrected chi connectivity index (χ1v) is 15.3. The second kappa shape index (κ2) is 12.6. The molecule has 42 heavy (non-hydrogen) atoms. The van der Waals surface area contributed by atoms with E-state index in [9.17, 15) is 31.2 Å². The Morgan fingerprint density at radius 2 is 1.76 bits per heavy atom. The van der Waals surface area contributed by atoms with Crippen molar-refractivity contribution in [1.29, 1.82) is 0 Å². The lowest BCUT2D eigenvalue weighted by Gasteiger charge is -2.40. The number of cyclic esters (lactones) is 1. The van der Waals surface area contributed by atoms with Crippen molar-refractivity contribution >= 4 is 27.5 Å². The lowest BCUT2D eigenvalue weighted by Crippen LogP contribution is -2.49. The average Bonchev–Trinajstić information content (AvgIpc) is 2.94. The van der Waals surface area contributed by atoms with Crippen LogP contribution in [0.25, 0.3) is 0 Å². The van der Waals surface area contributed by atoms with Gasteiger partial charge in [-0.15, -0.1) is 0 Å². The summed E-state index contributed by atoms with van der Waals surface area (Å²) < 4.78 is 72.6. The molecule has 1 aromatic heterocycles. The molecular weight excluding hydrogens is 569 g/mol. The largest absolute Gasteiger partial charge is 0.458 e. The molecule has 1 fully saturated rings. The van der Waals surface area contributed by atoms with Gasteiger partial charge < -0.3 is 4.74 Å². The van der Waals surface area contributed by atoms with Crippen LogP contribution in [0, 0.1) is 5.92 Å². The molecule has 4 rings (SSSR count). The van der Waals surface area contributed by atoms with Gasteiger partial charge in [-0.05, 0) is 61.1 Å². The molecule has 1 aliphatic heterocycles. The summed E-state index contributed by atoms with van der Waals surface area (Å²) in [6.45, 7) is 3.81. The Balaban J connectivity index is 1.52. The van der Waals surface area contributed by atoms with Gasteiger partial charge in [0.1, 0.15) is 11.5 Å². The van der Waals surface area contributed by atoms with Gasteiger partial charge in [0.25, 0.3) is 10.0 Å². The van der Waals surface area contributed by atoms with E-state index in [2.05, 4.69) is 9.71 Å². The lowest BCUT2D eigenvalue weighted by atomic mass is 9.74. The van der Waals surface area contributed by atoms with E-state index in [1.54, 1.807) is 12.1 Å². The summed E-state index contributed by atoms with van der Waals surface area (Å²) in [6.07, 6.45) is -1.18. The molecule has 0 bridgehead atoms. The molecule has 224 valence electrons. The average molecular weight is 603 g/mol. The molecule has 0 amide bonds. The number of pyridine rings is 1. The Labute approximate surface area is 243 Å². The highest BCUT2D eigenvalue weighted by Gasteiger charge is 2.48. The van der Waals surface area contributed by atoms with Gasteiger partial charge in [0.2, 0.25) is 0 Å². The van der Waals surface area contributed by atoms with E-state index in [-0.39, 0.29) is 17.9 Å². The van der Waals surface area contributed by atoms with Crippen LogP contribution in [0.1, 0.15) is 68.6 Å². The SMILES string of the molecule is CCC[C@@]1(CCc2ccccc2)CC(=O)C(C(CC)c2cccc(NS(=O)(=O)c3ccc(C(F)(F)F)cn3)c2)C(=O)O1. The number of anilines is 1. The van der Waals surface area contributed by atoms with Crippen molar-refractivity contribution in [2.45, 2.75) is 75.1 Å². The maximum absolute atomic E-state index is 13.6. The number of nitrogens with one attached hydrogen (secondary N) is 1. The first kappa shape index (κ1) is 31.2. The van der Waals surface area contributed by atoms with Gasteiger partial charge in [0.15, 0.2) is 10.8 Å². The van der Waals surface area contributed by atoms with E-state index in [1.807, 2.05) is 44.2 Å². The minimum Gasteiger partial charge on any atom is -0.458 e. The van der Waals surface area contributed by atoms with Crippen molar-refractivity contribution in [1.82, 2.24) is 4.98 Å². The molecule has 0 aliphatic carbocycles. The number of hydrogen-bond donors (Lipinski definition) is 1. The number of ether oxygens (including phenoxy) is 1. The predicted octanol–water partition coefficient (Wildman–Crippen LogP) is 6.70. The number of hydrogen-bond acceptors (Lipinski definition) is 6. The van der Waals surface area contributed by atoms with Crippen LogP contribution < -0.4 is 4.72 Å². The van der Waals surface area contributed by atoms with Crippen LogP contribution >= 0.6 is 0 Å². The topological polar surface area (TPSA) is 102 Å². The molecule has 1 N–H and O–H groups in total. The van der Waals surface area contributed by atoms with Crippen LogP contribution in [0.2, 0.25) is 0 Å². The molecule has 2 unspecified atom stereocenters. The van der Waals surface area contributed by atoms with Crippen molar-refractivity contribution in [2.24, 2.45) is 5.92 Å². The summed E-state index contributed by atoms with van der Waals surface area (Å²) in [5.74, 6) is -2.40. The number of aromatic nitrogens is 1. The summed E-state index contributed by atoms with van der Waals surface area (Å²) in [5.41, 5.74) is -0.176. The van der Waals surface area contributed by atoms with Crippen molar-refractivity contribution in [3.05, 3.63) is 89.6 Å². The van der Waals surface area contributed by atoms with Crippen LogP contribution in [0.5, 0.6) is 0 Å². The van der Waals surface area contributed by atoms with E-state index in [1.165, 1.54) is 12.1 Å². The van der Waals surface area contributed by atoms with Crippen LogP contribution in [0.3, 0.4) is 0 Å². The van der Waals surface area contributed by atoms with Crippen LogP contribution in [-0.2, 0) is 36.9 Å². The molecule has 0 radical (unpaired) electrons. The fraction of sp³-hybridized carbons (Fsp3) is 0.387. The first-order valence-electron chi connectivity index (χ1n) is 13.8. The number of nitrogens with zero attached hydrogens (tertiary/aromatic N) is 1. The van der Waals surface area contributed by atoms with E-state index < -0.39 is 50.2 Å². The monoisotopic (exact) mass is 602 g/mol. The number of carbonyl (C=O) groups is 2. The van der Waals surface area contributed by atoms with E-state index in [0.717, 1.165) is 18.1 Å². The lowest BCUT2D eigenvalue weighted by molar-refractivity contribution is -0.180. The van der Waals surface area contributed by atoms with Crippen LogP contribution in [0.4, 0.5) is 18.9 Å². The Kier molecular flexibility index (Phi) is 9.40. The summed E-state index contributed by atoms with van der Waals surface area (Å²) in [7, 11) is -4.31. The molecule has 2 aromatic carbocycles. The van der Waals surface area contributed by atoms with E-state index >= 15 is 0 Å². The summed E-state index contributed by atoms with van der Waals surface area (Å²) in [4.78, 5) is 30.5. The number of halogens is 3. The Hall–Kier alpha value is -3.73. The van der Waals surface area contributed by atoms with Gasteiger partial charge in [-0.3, -0.25) is 14.3 Å². The third kappa shape index (κ3) is 7.18. The fourth-order valence-electron chi connectivity index (χ4n) is 5.55. The summed E-state index contributed by atoms with van der Waals surface area (Å²) in [6, 6.07) is 17.5. The molecule has 0 spiro atoms. The molecule has 0 saturated carbocycles. The summed E-state index contributed by atoms with van der Waals surface area (Å²) in [5, 5.41) is -0.582. The van der Waals surface area contributed by atoms with Gasteiger partial charge in [-0.25, -0.2) is 4.98 Å². The van der Waals surface area contributed by atoms with Crippen LogP contribution in [0.15, 0.2) is 78.0 Å². The number of sulfonamides is 1. The molecule has 7 nitrogen and oxygen atoms in total. The van der Waals surface area contributed by atoms with Crippen molar-refractivity contribution in [2.75, 3.05) is 4.72 Å². The van der Waals surface area contributed by atoms with Crippen molar-refractivity contribution in [3.8, 4) is 0 Å². The molecule has 3 atom stereocenters. The second-order valence-electron chi connectivity index (χ2n) is 10.6. The number of esters is 1. The highest BCUT2D eigenvalue weighted by atomic mass is 32.2. The molecule has 3 aromatic rings. The molecule has 2 heterocycles. The standard InChI is InChI=1S/C31H33F3N2O5S/c1-3-16-30(17-15-21-9-6-5-7-10-21)19-26(37)28(29(38)41-30)25(4-2)22-11-8-12-24(18-22)36-42(39,40)27-14-13-23(20-35-27)31(32,33)34/h5-14,18,20,25,28,36H,3-4,15-17,19H2,1-2H3/t25?,28?,30-/m1/s1. The normalized spacial score (nSPS) is 20.2. The van der Waals surface area contributed by atoms with Crippen molar-refractivity contribution in [3.63, 3.8) is 0 Å². The minimum atomic E-state index is -4.65. The zero-order valence-electron chi connectivity index (χ0n) is 23.4. The van der Waals surface area contributed by atoms with Gasteiger partial charge in [0, 0.05) is 24.2 Å². The third-order valence-electron chi connectivity index (χ3n) is 7.58. The Bertz CT molecular complexity index is 1490. The van der Waals surface area contributed by atoms with Gasteiger partial charge in [-0.1, -0.05) is 62.7 Å². The highest BCUT2D eigenvalue weighted by Crippen LogP contribution is 2.41. The van der Waals surface area contributed by atoms with Gasteiger partial charge in [0.05, 0.1) is 5.56 Å². The molecule has 11 heteroatoms. The smallest absolute Gasteiger partial charge is 0.417 e. The van der Waals surface area contributed by atoms with Gasteiger partial charge in [-0.2, -0.15) is 21.6 Å². The number of ketones is 1. The van der Waals surface area contributed by atoms with Gasteiger partial charge >= 0.3 is 12.1 Å².